The van der Waals surface area contributed by atoms with Crippen molar-refractivity contribution in [2.45, 2.75) is 27.2 Å². The summed E-state index contributed by atoms with van der Waals surface area (Å²) in [5.74, 6) is 0.504. The maximum Gasteiger partial charge on any atom is 0.261 e. The predicted octanol–water partition coefficient (Wildman–Crippen LogP) is 5.08. The summed E-state index contributed by atoms with van der Waals surface area (Å²) < 4.78 is 34.4. The summed E-state index contributed by atoms with van der Waals surface area (Å²) in [6, 6.07) is 10.8. The lowest BCUT2D eigenvalue weighted by Crippen LogP contribution is -2.28. The van der Waals surface area contributed by atoms with Crippen LogP contribution in [-0.2, 0) is 16.4 Å². The highest BCUT2D eigenvalue weighted by Gasteiger charge is 2.23. The molecular formula is C27H26N2O5S. The molecule has 1 aromatic heterocycles. The Labute approximate surface area is 204 Å². The quantitative estimate of drug-likeness (QED) is 0.466. The van der Waals surface area contributed by atoms with Gasteiger partial charge in [0.2, 0.25) is 10.0 Å². The maximum absolute atomic E-state index is 12.9. The predicted molar refractivity (Wildman–Crippen MR) is 139 cm³/mol. The number of benzene rings is 2. The number of allylic oxidation sites excluding steroid dienone is 2. The van der Waals surface area contributed by atoms with Crippen molar-refractivity contribution in [3.63, 3.8) is 0 Å². The molecule has 0 saturated carbocycles. The summed E-state index contributed by atoms with van der Waals surface area (Å²) in [6.07, 6.45) is 6.63. The number of hydrogen-bond acceptors (Lipinski definition) is 5. The molecule has 1 aliphatic carbocycles. The molecule has 1 N–H and O–H groups in total. The largest absolute Gasteiger partial charge is 0.456 e. The number of nitrogens with zero attached hydrogens (tertiary/aromatic N) is 1. The molecule has 8 heteroatoms. The normalized spacial score (nSPS) is 12.3. The standard InChI is InChI=1S/C27H26N2O5S/c1-5-25(30)29-16-23(20-11-8-12-21(20)27(29)31)22-15-19(28-35(32,33)6-2)13-14-24(22)34-26-17(3)9-7-10-18(26)4/h5,7-11,13-16,28H,1,6,12H2,2-4H3. The second kappa shape index (κ2) is 9.38. The first-order valence-corrected chi connectivity index (χ1v) is 12.8. The van der Waals surface area contributed by atoms with Gasteiger partial charge in [0.15, 0.2) is 0 Å². The molecule has 1 aliphatic rings. The summed E-state index contributed by atoms with van der Waals surface area (Å²) in [6.45, 7) is 8.94. The van der Waals surface area contributed by atoms with Gasteiger partial charge in [-0.1, -0.05) is 36.9 Å². The van der Waals surface area contributed by atoms with E-state index in [9.17, 15) is 18.0 Å². The zero-order chi connectivity index (χ0) is 25.3. The number of aromatic nitrogens is 1. The molecule has 0 unspecified atom stereocenters. The van der Waals surface area contributed by atoms with Crippen LogP contribution in [0.4, 0.5) is 5.69 Å². The smallest absolute Gasteiger partial charge is 0.261 e. The summed E-state index contributed by atoms with van der Waals surface area (Å²) in [5.41, 5.74) is 4.07. The van der Waals surface area contributed by atoms with Crippen molar-refractivity contribution in [2.75, 3.05) is 10.5 Å². The molecule has 0 amide bonds. The third kappa shape index (κ3) is 4.70. The highest BCUT2D eigenvalue weighted by Crippen LogP contribution is 2.40. The molecule has 3 aromatic rings. The zero-order valence-corrected chi connectivity index (χ0v) is 20.6. The molecule has 0 spiro atoms. The number of pyridine rings is 1. The van der Waals surface area contributed by atoms with Crippen molar-refractivity contribution < 1.29 is 17.9 Å². The summed E-state index contributed by atoms with van der Waals surface area (Å²) in [7, 11) is -3.53. The van der Waals surface area contributed by atoms with E-state index < -0.39 is 21.5 Å². The van der Waals surface area contributed by atoms with E-state index in [4.69, 9.17) is 4.74 Å². The summed E-state index contributed by atoms with van der Waals surface area (Å²) in [4.78, 5) is 25.4. The second-order valence-corrected chi connectivity index (χ2v) is 10.3. The highest BCUT2D eigenvalue weighted by atomic mass is 32.2. The Morgan fingerprint density at radius 1 is 1.17 bits per heavy atom. The molecule has 180 valence electrons. The van der Waals surface area contributed by atoms with E-state index >= 15 is 0 Å². The molecule has 2 aromatic carbocycles. The molecule has 0 radical (unpaired) electrons. The number of carbonyl (C=O) groups is 1. The zero-order valence-electron chi connectivity index (χ0n) is 19.8. The minimum absolute atomic E-state index is 0.0835. The molecule has 7 nitrogen and oxygen atoms in total. The number of nitrogens with one attached hydrogen (secondary N) is 1. The summed E-state index contributed by atoms with van der Waals surface area (Å²) in [5, 5.41) is 0. The van der Waals surface area contributed by atoms with Crippen LogP contribution < -0.4 is 15.0 Å². The van der Waals surface area contributed by atoms with E-state index in [1.54, 1.807) is 25.1 Å². The van der Waals surface area contributed by atoms with Gasteiger partial charge in [0.1, 0.15) is 11.5 Å². The number of rotatable bonds is 7. The van der Waals surface area contributed by atoms with Crippen molar-refractivity contribution in [3.8, 4) is 22.6 Å². The van der Waals surface area contributed by atoms with E-state index in [1.165, 1.54) is 6.20 Å². The van der Waals surface area contributed by atoms with Crippen molar-refractivity contribution in [3.05, 3.63) is 93.9 Å². The van der Waals surface area contributed by atoms with Crippen molar-refractivity contribution in [1.29, 1.82) is 0 Å². The van der Waals surface area contributed by atoms with E-state index in [0.29, 0.717) is 45.9 Å². The third-order valence-corrected chi connectivity index (χ3v) is 7.22. The Morgan fingerprint density at radius 2 is 1.89 bits per heavy atom. The van der Waals surface area contributed by atoms with Crippen molar-refractivity contribution in [1.82, 2.24) is 4.57 Å². The number of ether oxygens (including phenoxy) is 1. The topological polar surface area (TPSA) is 94.5 Å². The Morgan fingerprint density at radius 3 is 2.54 bits per heavy atom. The molecule has 0 bridgehead atoms. The molecular weight excluding hydrogens is 464 g/mol. The van der Waals surface area contributed by atoms with Crippen LogP contribution in [0.2, 0.25) is 0 Å². The monoisotopic (exact) mass is 490 g/mol. The highest BCUT2D eigenvalue weighted by molar-refractivity contribution is 7.92. The number of anilines is 1. The van der Waals surface area contributed by atoms with Crippen molar-refractivity contribution in [2.24, 2.45) is 0 Å². The van der Waals surface area contributed by atoms with E-state index in [1.807, 2.05) is 44.2 Å². The first-order chi connectivity index (χ1) is 16.6. The van der Waals surface area contributed by atoms with E-state index in [-0.39, 0.29) is 5.75 Å². The van der Waals surface area contributed by atoms with Gasteiger partial charge in [-0.25, -0.2) is 13.0 Å². The Hall–Kier alpha value is -3.91. The van der Waals surface area contributed by atoms with Crippen LogP contribution in [0.25, 0.3) is 17.2 Å². The number of para-hydroxylation sites is 1. The van der Waals surface area contributed by atoms with Crippen LogP contribution in [0.3, 0.4) is 0 Å². The third-order valence-electron chi connectivity index (χ3n) is 5.91. The van der Waals surface area contributed by atoms with Gasteiger partial charge >= 0.3 is 0 Å². The van der Waals surface area contributed by atoms with E-state index in [2.05, 4.69) is 11.3 Å². The van der Waals surface area contributed by atoms with Crippen molar-refractivity contribution >= 4 is 27.7 Å². The number of aryl methyl sites for hydroxylation is 2. The molecule has 4 rings (SSSR count). The van der Waals surface area contributed by atoms with Crippen LogP contribution in [0.5, 0.6) is 11.5 Å². The SMILES string of the molecule is C=CC(=O)n1cc(-c2cc(NS(=O)(=O)CC)ccc2Oc2c(C)cccc2C)c2c(c1=O)CC=C2. The van der Waals surface area contributed by atoms with Gasteiger partial charge in [0.25, 0.3) is 11.5 Å². The Bertz CT molecular complexity index is 1530. The fraction of sp³-hybridized carbons (Fsp3) is 0.185. The lowest BCUT2D eigenvalue weighted by Gasteiger charge is -2.19. The first-order valence-electron chi connectivity index (χ1n) is 11.2. The molecule has 0 saturated heterocycles. The molecule has 0 aliphatic heterocycles. The van der Waals surface area contributed by atoms with Gasteiger partial charge < -0.3 is 4.74 Å². The molecule has 0 fully saturated rings. The maximum atomic E-state index is 12.9. The fourth-order valence-corrected chi connectivity index (χ4v) is 4.68. The van der Waals surface area contributed by atoms with Crippen LogP contribution in [-0.4, -0.2) is 24.6 Å². The summed E-state index contributed by atoms with van der Waals surface area (Å²) >= 11 is 0. The lowest BCUT2D eigenvalue weighted by atomic mass is 9.98. The Kier molecular flexibility index (Phi) is 6.49. The van der Waals surface area contributed by atoms with Crippen LogP contribution in [0.15, 0.2) is 66.1 Å². The number of hydrogen-bond donors (Lipinski definition) is 1. The van der Waals surface area contributed by atoms with Crippen LogP contribution in [0, 0.1) is 13.8 Å². The number of sulfonamides is 1. The average Bonchev–Trinajstić information content (AvgIpc) is 3.32. The molecule has 0 atom stereocenters. The molecule has 35 heavy (non-hydrogen) atoms. The second-order valence-electron chi connectivity index (χ2n) is 8.30. The minimum atomic E-state index is -3.53. The van der Waals surface area contributed by atoms with Gasteiger partial charge in [0, 0.05) is 28.6 Å². The van der Waals surface area contributed by atoms with Gasteiger partial charge in [0.05, 0.1) is 5.75 Å². The number of fused-ring (bicyclic) bond motifs is 1. The average molecular weight is 491 g/mol. The fourth-order valence-electron chi connectivity index (χ4n) is 4.05. The van der Waals surface area contributed by atoms with Gasteiger partial charge in [-0.05, 0) is 68.2 Å². The van der Waals surface area contributed by atoms with Crippen LogP contribution >= 0.6 is 0 Å². The van der Waals surface area contributed by atoms with Gasteiger partial charge in [-0.2, -0.15) is 0 Å². The van der Waals surface area contributed by atoms with E-state index in [0.717, 1.165) is 21.8 Å². The van der Waals surface area contributed by atoms with Crippen LogP contribution in [0.1, 0.15) is 34.0 Å². The Balaban J connectivity index is 1.98. The van der Waals surface area contributed by atoms with Gasteiger partial charge in [-0.15, -0.1) is 0 Å². The first kappa shape index (κ1) is 24.2. The molecule has 1 heterocycles. The minimum Gasteiger partial charge on any atom is -0.456 e. The van der Waals surface area contributed by atoms with Gasteiger partial charge in [-0.3, -0.25) is 14.3 Å². The number of carbonyl (C=O) groups excluding carboxylic acids is 1. The lowest BCUT2D eigenvalue weighted by molar-refractivity contribution is 0.0965.